The predicted molar refractivity (Wildman–Crippen MR) is 60.0 cm³/mol. The molecule has 0 spiro atoms. The van der Waals surface area contributed by atoms with Gasteiger partial charge in [-0.1, -0.05) is 5.23 Å². The molecule has 0 amide bonds. The molecule has 0 aliphatic rings. The van der Waals surface area contributed by atoms with Crippen LogP contribution in [0.25, 0.3) is 0 Å². The van der Waals surface area contributed by atoms with Crippen molar-refractivity contribution in [2.24, 2.45) is 5.84 Å². The van der Waals surface area contributed by atoms with Crippen LogP contribution < -0.4 is 39.1 Å². The van der Waals surface area contributed by atoms with E-state index < -0.39 is 0 Å². The number of nitrogens with one attached hydrogen (secondary N) is 6. The van der Waals surface area contributed by atoms with E-state index in [0.717, 1.165) is 0 Å². The smallest absolute Gasteiger partial charge is 0.0207 e. The van der Waals surface area contributed by atoms with Crippen molar-refractivity contribution in [2.75, 3.05) is 35.2 Å². The standard InChI is InChI=1S/C5H23N11/c1-13(2)15(5)16(14(3)4)12-11-10-9-8-7-6/h7-12H,6H2,1-5H3. The predicted octanol–water partition coefficient (Wildman–Crippen LogP) is -4.01. The minimum atomic E-state index is 1.71. The first-order valence-corrected chi connectivity index (χ1v) is 4.60. The van der Waals surface area contributed by atoms with Crippen LogP contribution in [-0.4, -0.2) is 55.6 Å². The van der Waals surface area contributed by atoms with Crippen molar-refractivity contribution >= 4 is 0 Å². The Kier molecular flexibility index (Phi) is 8.44. The van der Waals surface area contributed by atoms with Crippen LogP contribution in [0.4, 0.5) is 0 Å². The Bertz CT molecular complexity index is 160. The Morgan fingerprint density at radius 1 is 0.750 bits per heavy atom. The Morgan fingerprint density at radius 3 is 1.75 bits per heavy atom. The van der Waals surface area contributed by atoms with E-state index in [-0.39, 0.29) is 0 Å². The molecule has 0 aromatic carbocycles. The van der Waals surface area contributed by atoms with E-state index in [1.54, 1.807) is 5.23 Å². The van der Waals surface area contributed by atoms with Gasteiger partial charge in [0, 0.05) is 35.2 Å². The molecule has 0 heterocycles. The van der Waals surface area contributed by atoms with E-state index >= 15 is 0 Å². The Labute approximate surface area is 95.6 Å². The van der Waals surface area contributed by atoms with E-state index in [2.05, 4.69) is 33.2 Å². The molecular formula is C5H23N11. The van der Waals surface area contributed by atoms with E-state index in [0.29, 0.717) is 0 Å². The van der Waals surface area contributed by atoms with Gasteiger partial charge in [0.05, 0.1) is 0 Å². The first kappa shape index (κ1) is 15.6. The molecule has 0 aromatic heterocycles. The zero-order valence-corrected chi connectivity index (χ0v) is 10.4. The number of hydrogen-bond acceptors (Lipinski definition) is 11. The summed E-state index contributed by atoms with van der Waals surface area (Å²) in [7, 11) is 9.51. The second kappa shape index (κ2) is 8.68. The molecule has 0 aromatic rings. The van der Waals surface area contributed by atoms with Gasteiger partial charge in [-0.2, -0.15) is 27.7 Å². The molecule has 0 aliphatic heterocycles. The molecule has 0 aliphatic carbocycles. The van der Waals surface area contributed by atoms with Gasteiger partial charge in [-0.3, -0.25) is 5.84 Å². The summed E-state index contributed by atoms with van der Waals surface area (Å²) < 4.78 is 0. The monoisotopic (exact) mass is 237 g/mol. The average molecular weight is 237 g/mol. The summed E-state index contributed by atoms with van der Waals surface area (Å²) >= 11 is 0. The highest BCUT2D eigenvalue weighted by Gasteiger charge is 2.14. The largest absolute Gasteiger partial charge is 0.257 e. The first-order chi connectivity index (χ1) is 7.50. The molecule has 0 saturated carbocycles. The molecule has 0 saturated heterocycles. The molecule has 11 heteroatoms. The SMILES string of the molecule is CN(C)N(C)N(NNNNNNN)N(C)C. The van der Waals surface area contributed by atoms with Crippen LogP contribution in [0, 0.1) is 0 Å². The fourth-order valence-electron chi connectivity index (χ4n) is 0.777. The lowest BCUT2D eigenvalue weighted by molar-refractivity contribution is -0.275. The van der Waals surface area contributed by atoms with Crippen molar-refractivity contribution in [1.29, 1.82) is 0 Å². The summed E-state index contributed by atoms with van der Waals surface area (Å²) in [6.45, 7) is 0. The summed E-state index contributed by atoms with van der Waals surface area (Å²) in [6, 6.07) is 0. The average Bonchev–Trinajstić information content (AvgIpc) is 2.21. The lowest BCUT2D eigenvalue weighted by Gasteiger charge is -2.39. The van der Waals surface area contributed by atoms with E-state index in [9.17, 15) is 0 Å². The minimum Gasteiger partial charge on any atom is -0.257 e. The third-order valence-electron chi connectivity index (χ3n) is 1.65. The number of nitrogens with zero attached hydrogens (tertiary/aromatic N) is 4. The third kappa shape index (κ3) is 6.21. The highest BCUT2D eigenvalue weighted by Crippen LogP contribution is 1.93. The van der Waals surface area contributed by atoms with E-state index in [4.69, 9.17) is 5.84 Å². The van der Waals surface area contributed by atoms with Gasteiger partial charge in [0.1, 0.15) is 0 Å². The van der Waals surface area contributed by atoms with Crippen LogP contribution in [0.3, 0.4) is 0 Å². The van der Waals surface area contributed by atoms with E-state index in [1.165, 1.54) is 0 Å². The summed E-state index contributed by atoms with van der Waals surface area (Å²) in [5.41, 5.74) is 15.2. The van der Waals surface area contributed by atoms with Gasteiger partial charge in [-0.15, -0.1) is 10.7 Å². The molecule has 0 rings (SSSR count). The van der Waals surface area contributed by atoms with Crippen LogP contribution in [0.2, 0.25) is 0 Å². The van der Waals surface area contributed by atoms with Crippen LogP contribution in [0.1, 0.15) is 0 Å². The number of rotatable bonds is 9. The Balaban J connectivity index is 3.86. The van der Waals surface area contributed by atoms with Gasteiger partial charge in [0.15, 0.2) is 0 Å². The molecule has 8 N–H and O–H groups in total. The number of nitrogens with two attached hydrogens (primary N) is 1. The Hall–Kier alpha value is -0.440. The van der Waals surface area contributed by atoms with Crippen molar-refractivity contribution in [1.82, 2.24) is 53.6 Å². The number of hydrogen-bond donors (Lipinski definition) is 7. The lowest BCUT2D eigenvalue weighted by atomic mass is 11.1. The van der Waals surface area contributed by atoms with Crippen molar-refractivity contribution in [3.05, 3.63) is 0 Å². The van der Waals surface area contributed by atoms with Crippen molar-refractivity contribution in [3.8, 4) is 0 Å². The molecule has 0 fully saturated rings. The van der Waals surface area contributed by atoms with Gasteiger partial charge in [-0.05, 0) is 0 Å². The minimum absolute atomic E-state index is 1.71. The summed E-state index contributed by atoms with van der Waals surface area (Å²) in [4.78, 5) is 0. The highest BCUT2D eigenvalue weighted by molar-refractivity contribution is 4.33. The Morgan fingerprint density at radius 2 is 1.31 bits per heavy atom. The summed E-state index contributed by atoms with van der Waals surface area (Å²) in [5.74, 6) is 4.96. The topological polar surface area (TPSA) is 111 Å². The maximum atomic E-state index is 4.96. The molecular weight excluding hydrogens is 214 g/mol. The molecule has 11 nitrogen and oxygen atoms in total. The molecule has 98 valence electrons. The fourth-order valence-corrected chi connectivity index (χ4v) is 0.777. The van der Waals surface area contributed by atoms with Crippen LogP contribution in [-0.2, 0) is 0 Å². The van der Waals surface area contributed by atoms with Crippen molar-refractivity contribution in [3.63, 3.8) is 0 Å². The number of hydrazine groups is 10. The van der Waals surface area contributed by atoms with Gasteiger partial charge >= 0.3 is 0 Å². The zero-order chi connectivity index (χ0) is 12.6. The van der Waals surface area contributed by atoms with E-state index in [1.807, 2.05) is 50.4 Å². The molecule has 0 atom stereocenters. The highest BCUT2D eigenvalue weighted by atomic mass is 16.1. The molecule has 0 bridgehead atoms. The normalized spacial score (nSPS) is 12.4. The zero-order valence-electron chi connectivity index (χ0n) is 10.4. The maximum Gasteiger partial charge on any atom is 0.0207 e. The van der Waals surface area contributed by atoms with Crippen molar-refractivity contribution < 1.29 is 0 Å². The van der Waals surface area contributed by atoms with Crippen LogP contribution in [0.5, 0.6) is 0 Å². The third-order valence-corrected chi connectivity index (χ3v) is 1.65. The quantitative estimate of drug-likeness (QED) is 0.121. The molecule has 0 radical (unpaired) electrons. The van der Waals surface area contributed by atoms with Gasteiger partial charge in [0.25, 0.3) is 0 Å². The lowest BCUT2D eigenvalue weighted by Crippen LogP contribution is -2.68. The first-order valence-electron chi connectivity index (χ1n) is 4.60. The fraction of sp³-hybridized carbons (Fsp3) is 1.00. The van der Waals surface area contributed by atoms with Gasteiger partial charge < -0.3 is 0 Å². The van der Waals surface area contributed by atoms with Crippen LogP contribution in [0.15, 0.2) is 0 Å². The molecule has 16 heavy (non-hydrogen) atoms. The summed E-state index contributed by atoms with van der Waals surface area (Å²) in [5, 5.41) is 7.28. The van der Waals surface area contributed by atoms with Gasteiger partial charge in [-0.25, -0.2) is 10.0 Å². The van der Waals surface area contributed by atoms with Crippen molar-refractivity contribution in [2.45, 2.75) is 0 Å². The molecule has 0 unspecified atom stereocenters. The second-order valence-electron chi connectivity index (χ2n) is 3.23. The van der Waals surface area contributed by atoms with Gasteiger partial charge in [0.2, 0.25) is 0 Å². The second-order valence-corrected chi connectivity index (χ2v) is 3.23. The maximum absolute atomic E-state index is 4.96. The van der Waals surface area contributed by atoms with Crippen LogP contribution >= 0.6 is 0 Å². The summed E-state index contributed by atoms with van der Waals surface area (Å²) in [6.07, 6.45) is 0.